The van der Waals surface area contributed by atoms with Gasteiger partial charge in [-0.2, -0.15) is 0 Å². The number of anilines is 1. The highest BCUT2D eigenvalue weighted by molar-refractivity contribution is 5.54. The zero-order valence-electron chi connectivity index (χ0n) is 23.0. The van der Waals surface area contributed by atoms with Gasteiger partial charge < -0.3 is 4.90 Å². The van der Waals surface area contributed by atoms with Crippen LogP contribution in [0.1, 0.15) is 92.6 Å². The SMILES string of the molecule is C=C=C(C)C(=C/C)/C(=C/CC)C(/C)=C\C.CCCC.Cc1cc(F)c(N2CCCCC2)cc1F. The van der Waals surface area contributed by atoms with Crippen molar-refractivity contribution in [2.45, 2.75) is 93.9 Å². The molecule has 3 heteroatoms. The molecule has 1 fully saturated rings. The molecule has 190 valence electrons. The summed E-state index contributed by atoms with van der Waals surface area (Å²) in [5, 5.41) is 0. The largest absolute Gasteiger partial charge is 0.369 e. The fourth-order valence-corrected chi connectivity index (χ4v) is 3.53. The number of hydrogen-bond acceptors (Lipinski definition) is 1. The summed E-state index contributed by atoms with van der Waals surface area (Å²) in [6.45, 7) is 21.8. The summed E-state index contributed by atoms with van der Waals surface area (Å²) >= 11 is 0. The van der Waals surface area contributed by atoms with Gasteiger partial charge in [0.15, 0.2) is 0 Å². The molecule has 0 spiro atoms. The summed E-state index contributed by atoms with van der Waals surface area (Å²) in [4.78, 5) is 1.93. The predicted octanol–water partition coefficient (Wildman–Crippen LogP) is 10.0. The Hall–Kier alpha value is -2.38. The predicted molar refractivity (Wildman–Crippen MR) is 148 cm³/mol. The first-order chi connectivity index (χ1) is 16.2. The van der Waals surface area contributed by atoms with E-state index in [9.17, 15) is 8.78 Å². The van der Waals surface area contributed by atoms with E-state index in [1.165, 1.54) is 48.1 Å². The Bertz CT molecular complexity index is 875. The van der Waals surface area contributed by atoms with Gasteiger partial charge in [0, 0.05) is 19.2 Å². The molecule has 1 saturated heterocycles. The van der Waals surface area contributed by atoms with E-state index in [4.69, 9.17) is 0 Å². The topological polar surface area (TPSA) is 3.24 Å². The van der Waals surface area contributed by atoms with Gasteiger partial charge in [-0.15, -0.1) is 5.73 Å². The van der Waals surface area contributed by atoms with E-state index in [0.717, 1.165) is 37.9 Å². The highest BCUT2D eigenvalue weighted by Gasteiger charge is 2.16. The lowest BCUT2D eigenvalue weighted by atomic mass is 9.93. The Morgan fingerprint density at radius 3 is 1.97 bits per heavy atom. The Labute approximate surface area is 208 Å². The van der Waals surface area contributed by atoms with Crippen molar-refractivity contribution >= 4 is 5.69 Å². The molecule has 0 unspecified atom stereocenters. The van der Waals surface area contributed by atoms with E-state index in [2.05, 4.69) is 79.0 Å². The Morgan fingerprint density at radius 1 is 0.941 bits per heavy atom. The smallest absolute Gasteiger partial charge is 0.146 e. The Balaban J connectivity index is 0.000000554. The maximum absolute atomic E-state index is 13.6. The lowest BCUT2D eigenvalue weighted by molar-refractivity contribution is 0.548. The van der Waals surface area contributed by atoms with Gasteiger partial charge in [-0.05, 0) is 94.2 Å². The van der Waals surface area contributed by atoms with Crippen LogP contribution in [0.2, 0.25) is 0 Å². The van der Waals surface area contributed by atoms with Crippen LogP contribution in [-0.2, 0) is 0 Å². The average molecular weight is 472 g/mol. The highest BCUT2D eigenvalue weighted by Crippen LogP contribution is 2.26. The van der Waals surface area contributed by atoms with Gasteiger partial charge in [-0.1, -0.05) is 58.4 Å². The molecule has 1 aliphatic rings. The Kier molecular flexibility index (Phi) is 16.8. The second-order valence-corrected chi connectivity index (χ2v) is 8.60. The second-order valence-electron chi connectivity index (χ2n) is 8.60. The van der Waals surface area contributed by atoms with Crippen molar-refractivity contribution in [3.8, 4) is 0 Å². The number of nitrogens with zero attached hydrogens (tertiary/aromatic N) is 1. The van der Waals surface area contributed by atoms with Gasteiger partial charge in [-0.25, -0.2) is 8.78 Å². The summed E-state index contributed by atoms with van der Waals surface area (Å²) in [6, 6.07) is 2.59. The summed E-state index contributed by atoms with van der Waals surface area (Å²) in [5.41, 5.74) is 8.70. The minimum absolute atomic E-state index is 0.309. The first kappa shape index (κ1) is 31.6. The molecule has 2 rings (SSSR count). The van der Waals surface area contributed by atoms with Crippen LogP contribution in [0.3, 0.4) is 0 Å². The van der Waals surface area contributed by atoms with E-state index in [1.54, 1.807) is 6.92 Å². The fraction of sp³-hybridized carbons (Fsp3) is 0.516. The molecule has 0 amide bonds. The molecule has 1 aromatic rings. The van der Waals surface area contributed by atoms with Crippen LogP contribution >= 0.6 is 0 Å². The number of rotatable bonds is 6. The summed E-state index contributed by atoms with van der Waals surface area (Å²) < 4.78 is 26.9. The van der Waals surface area contributed by atoms with Gasteiger partial charge in [0.25, 0.3) is 0 Å². The van der Waals surface area contributed by atoms with Crippen molar-refractivity contribution < 1.29 is 8.78 Å². The van der Waals surface area contributed by atoms with E-state index < -0.39 is 0 Å². The number of piperidine rings is 1. The number of unbranched alkanes of at least 4 members (excludes halogenated alkanes) is 1. The molecule has 1 aromatic carbocycles. The van der Waals surface area contributed by atoms with Gasteiger partial charge in [0.05, 0.1) is 5.69 Å². The standard InChI is InChI=1S/C15H22.C12H15F2N.C4H10/c1-7-11-15(13(6)9-3)14(10-4)12(5)8-2;1-9-7-11(14)12(8-10(9)13)15-5-3-2-4-6-15;1-3-4-2/h9-11H,2,7H2,1,3-6H3;7-8H,2-6H2,1H3;3-4H2,1-2H3/b13-9-,14-10-,15-11+;;. The number of benzene rings is 1. The lowest BCUT2D eigenvalue weighted by Crippen LogP contribution is -2.30. The third-order valence-corrected chi connectivity index (χ3v) is 5.94. The van der Waals surface area contributed by atoms with Crippen molar-refractivity contribution in [1.29, 1.82) is 0 Å². The van der Waals surface area contributed by atoms with E-state index in [0.29, 0.717) is 11.3 Å². The molecule has 0 saturated carbocycles. The molecule has 0 radical (unpaired) electrons. The number of allylic oxidation sites excluding steroid dienone is 7. The van der Waals surface area contributed by atoms with Crippen LogP contribution in [0.15, 0.2) is 65.0 Å². The van der Waals surface area contributed by atoms with Crippen molar-refractivity contribution in [3.05, 3.63) is 82.2 Å². The van der Waals surface area contributed by atoms with Gasteiger partial charge in [-0.3, -0.25) is 0 Å². The normalized spacial score (nSPS) is 14.4. The van der Waals surface area contributed by atoms with E-state index in [1.807, 2.05) is 4.90 Å². The zero-order valence-corrected chi connectivity index (χ0v) is 23.0. The second kappa shape index (κ2) is 18.0. The maximum atomic E-state index is 13.6. The Morgan fingerprint density at radius 2 is 1.53 bits per heavy atom. The summed E-state index contributed by atoms with van der Waals surface area (Å²) in [7, 11) is 0. The molecular formula is C31H47F2N. The number of hydrogen-bond donors (Lipinski definition) is 0. The minimum Gasteiger partial charge on any atom is -0.369 e. The maximum Gasteiger partial charge on any atom is 0.146 e. The minimum atomic E-state index is -0.322. The first-order valence-corrected chi connectivity index (χ1v) is 12.8. The van der Waals surface area contributed by atoms with Crippen LogP contribution in [0, 0.1) is 18.6 Å². The van der Waals surface area contributed by atoms with Crippen molar-refractivity contribution in [2.75, 3.05) is 18.0 Å². The first-order valence-electron chi connectivity index (χ1n) is 12.8. The van der Waals surface area contributed by atoms with Crippen LogP contribution in [-0.4, -0.2) is 13.1 Å². The quantitative estimate of drug-likeness (QED) is 0.295. The van der Waals surface area contributed by atoms with Gasteiger partial charge >= 0.3 is 0 Å². The van der Waals surface area contributed by atoms with Crippen LogP contribution in [0.25, 0.3) is 0 Å². The van der Waals surface area contributed by atoms with E-state index in [-0.39, 0.29) is 11.6 Å². The molecule has 0 aliphatic carbocycles. The lowest BCUT2D eigenvalue weighted by Gasteiger charge is -2.29. The number of aryl methyl sites for hydroxylation is 1. The van der Waals surface area contributed by atoms with Gasteiger partial charge in [0.2, 0.25) is 0 Å². The molecule has 1 nitrogen and oxygen atoms in total. The third kappa shape index (κ3) is 10.7. The summed E-state index contributed by atoms with van der Waals surface area (Å²) in [5.74, 6) is -0.632. The molecule has 34 heavy (non-hydrogen) atoms. The molecule has 0 N–H and O–H groups in total. The van der Waals surface area contributed by atoms with Crippen molar-refractivity contribution in [2.24, 2.45) is 0 Å². The summed E-state index contributed by atoms with van der Waals surface area (Å²) in [6.07, 6.45) is 13.5. The molecule has 1 heterocycles. The van der Waals surface area contributed by atoms with Crippen LogP contribution in [0.4, 0.5) is 14.5 Å². The molecule has 0 aromatic heterocycles. The van der Waals surface area contributed by atoms with Gasteiger partial charge in [0.1, 0.15) is 11.6 Å². The molecular weight excluding hydrogens is 424 g/mol. The van der Waals surface area contributed by atoms with Crippen LogP contribution in [0.5, 0.6) is 0 Å². The molecule has 0 atom stereocenters. The zero-order chi connectivity index (χ0) is 26.1. The van der Waals surface area contributed by atoms with E-state index >= 15 is 0 Å². The third-order valence-electron chi connectivity index (χ3n) is 5.94. The number of halogens is 2. The van der Waals surface area contributed by atoms with Crippen molar-refractivity contribution in [3.63, 3.8) is 0 Å². The monoisotopic (exact) mass is 471 g/mol. The molecule has 0 bridgehead atoms. The highest BCUT2D eigenvalue weighted by atomic mass is 19.1. The van der Waals surface area contributed by atoms with Crippen LogP contribution < -0.4 is 4.90 Å². The fourth-order valence-electron chi connectivity index (χ4n) is 3.53. The molecule has 1 aliphatic heterocycles. The van der Waals surface area contributed by atoms with Crippen molar-refractivity contribution in [1.82, 2.24) is 0 Å². The average Bonchev–Trinajstić information content (AvgIpc) is 2.86.